The monoisotopic (exact) mass is 259 g/mol. The van der Waals surface area contributed by atoms with Crippen LogP contribution in [-0.4, -0.2) is 61.5 Å². The Bertz CT molecular complexity index is 227. The van der Waals surface area contributed by atoms with Gasteiger partial charge in [-0.05, 0) is 26.2 Å². The van der Waals surface area contributed by atoms with Crippen molar-refractivity contribution in [3.63, 3.8) is 0 Å². The number of hydrogen-bond donors (Lipinski definition) is 1. The summed E-state index contributed by atoms with van der Waals surface area (Å²) in [6.07, 6.45) is 3.07. The summed E-state index contributed by atoms with van der Waals surface area (Å²) < 4.78 is 10.9. The normalized spacial score (nSPS) is 17.1. The Hall–Kier alpha value is -0.650. The topological polar surface area (TPSA) is 59.0 Å². The molecule has 0 spiro atoms. The molecule has 18 heavy (non-hydrogen) atoms. The van der Waals surface area contributed by atoms with Crippen molar-refractivity contribution < 1.29 is 19.4 Å². The van der Waals surface area contributed by atoms with Gasteiger partial charge in [-0.2, -0.15) is 0 Å². The van der Waals surface area contributed by atoms with E-state index in [4.69, 9.17) is 14.6 Å². The van der Waals surface area contributed by atoms with Crippen LogP contribution in [-0.2, 0) is 14.3 Å². The van der Waals surface area contributed by atoms with E-state index in [-0.39, 0.29) is 18.6 Å². The zero-order valence-corrected chi connectivity index (χ0v) is 11.3. The predicted molar refractivity (Wildman–Crippen MR) is 68.4 cm³/mol. The quantitative estimate of drug-likeness (QED) is 0.655. The fourth-order valence-electron chi connectivity index (χ4n) is 2.08. The number of ether oxygens (including phenoxy) is 2. The molecule has 1 fully saturated rings. The van der Waals surface area contributed by atoms with Crippen LogP contribution in [0.3, 0.4) is 0 Å². The molecule has 0 aromatic carbocycles. The second kappa shape index (κ2) is 9.30. The average Bonchev–Trinajstić information content (AvgIpc) is 2.41. The van der Waals surface area contributed by atoms with E-state index in [0.29, 0.717) is 26.1 Å². The number of carbonyl (C=O) groups is 1. The van der Waals surface area contributed by atoms with Crippen molar-refractivity contribution in [1.29, 1.82) is 0 Å². The van der Waals surface area contributed by atoms with E-state index in [9.17, 15) is 4.79 Å². The molecule has 0 saturated carbocycles. The Morgan fingerprint density at radius 2 is 2.06 bits per heavy atom. The summed E-state index contributed by atoms with van der Waals surface area (Å²) in [5.41, 5.74) is 0. The molecule has 1 rings (SSSR count). The summed E-state index contributed by atoms with van der Waals surface area (Å²) in [6, 6.07) is 0. The highest BCUT2D eigenvalue weighted by Gasteiger charge is 2.22. The lowest BCUT2D eigenvalue weighted by molar-refractivity contribution is -0.134. The van der Waals surface area contributed by atoms with Crippen LogP contribution in [0.1, 0.15) is 32.6 Å². The van der Waals surface area contributed by atoms with Crippen LogP contribution in [0.5, 0.6) is 0 Å². The zero-order chi connectivity index (χ0) is 13.2. The molecular weight excluding hydrogens is 234 g/mol. The maximum absolute atomic E-state index is 11.7. The van der Waals surface area contributed by atoms with E-state index in [1.165, 1.54) is 0 Å². The molecule has 1 amide bonds. The van der Waals surface area contributed by atoms with Crippen molar-refractivity contribution in [1.82, 2.24) is 4.90 Å². The van der Waals surface area contributed by atoms with Crippen LogP contribution in [0.25, 0.3) is 0 Å². The van der Waals surface area contributed by atoms with Gasteiger partial charge in [-0.15, -0.1) is 0 Å². The molecule has 0 aromatic heterocycles. The van der Waals surface area contributed by atoms with Gasteiger partial charge in [0.1, 0.15) is 0 Å². The van der Waals surface area contributed by atoms with Crippen molar-refractivity contribution in [2.45, 2.75) is 38.7 Å². The van der Waals surface area contributed by atoms with Gasteiger partial charge in [-0.3, -0.25) is 4.79 Å². The lowest BCUT2D eigenvalue weighted by Gasteiger charge is -2.32. The van der Waals surface area contributed by atoms with Gasteiger partial charge in [-0.25, -0.2) is 0 Å². The Kier molecular flexibility index (Phi) is 7.96. The summed E-state index contributed by atoms with van der Waals surface area (Å²) in [6.45, 7) is 5.59. The summed E-state index contributed by atoms with van der Waals surface area (Å²) in [4.78, 5) is 13.6. The first-order valence-electron chi connectivity index (χ1n) is 6.86. The minimum absolute atomic E-state index is 0.0861. The number of piperidine rings is 1. The van der Waals surface area contributed by atoms with E-state index < -0.39 is 0 Å². The number of likely N-dealkylation sites (tertiary alicyclic amines) is 1. The van der Waals surface area contributed by atoms with Gasteiger partial charge >= 0.3 is 0 Å². The van der Waals surface area contributed by atoms with Gasteiger partial charge in [0.2, 0.25) is 5.91 Å². The first-order chi connectivity index (χ1) is 8.77. The summed E-state index contributed by atoms with van der Waals surface area (Å²) in [7, 11) is 0. The highest BCUT2D eigenvalue weighted by Crippen LogP contribution is 2.14. The number of aliphatic hydroxyl groups excluding tert-OH is 1. The van der Waals surface area contributed by atoms with Crippen LogP contribution in [0.4, 0.5) is 0 Å². The minimum atomic E-state index is 0.0861. The van der Waals surface area contributed by atoms with Crippen LogP contribution in [0, 0.1) is 0 Å². The SMILES string of the molecule is CCOCCOC1CCN(C(=O)CCCO)CC1. The number of carbonyl (C=O) groups excluding carboxylic acids is 1. The largest absolute Gasteiger partial charge is 0.396 e. The average molecular weight is 259 g/mol. The molecule has 1 aliphatic heterocycles. The molecule has 0 atom stereocenters. The summed E-state index contributed by atoms with van der Waals surface area (Å²) in [5.74, 6) is 0.150. The Labute approximate surface area is 109 Å². The Morgan fingerprint density at radius 3 is 2.67 bits per heavy atom. The van der Waals surface area contributed by atoms with Crippen molar-refractivity contribution in [2.75, 3.05) is 39.5 Å². The first kappa shape index (κ1) is 15.4. The first-order valence-corrected chi connectivity index (χ1v) is 6.86. The molecule has 1 N–H and O–H groups in total. The number of hydrogen-bond acceptors (Lipinski definition) is 4. The van der Waals surface area contributed by atoms with Gasteiger partial charge in [0.25, 0.3) is 0 Å². The smallest absolute Gasteiger partial charge is 0.222 e. The van der Waals surface area contributed by atoms with E-state index >= 15 is 0 Å². The molecule has 1 saturated heterocycles. The fourth-order valence-corrected chi connectivity index (χ4v) is 2.08. The third-order valence-electron chi connectivity index (χ3n) is 3.13. The number of rotatable bonds is 8. The van der Waals surface area contributed by atoms with Crippen LogP contribution >= 0.6 is 0 Å². The molecule has 0 radical (unpaired) electrons. The minimum Gasteiger partial charge on any atom is -0.396 e. The highest BCUT2D eigenvalue weighted by molar-refractivity contribution is 5.76. The number of aliphatic hydroxyl groups is 1. The lowest BCUT2D eigenvalue weighted by atomic mass is 10.1. The van der Waals surface area contributed by atoms with Crippen molar-refractivity contribution in [3.05, 3.63) is 0 Å². The second-order valence-electron chi connectivity index (χ2n) is 4.48. The van der Waals surface area contributed by atoms with Gasteiger partial charge in [-0.1, -0.05) is 0 Å². The fraction of sp³-hybridized carbons (Fsp3) is 0.923. The summed E-state index contributed by atoms with van der Waals surface area (Å²) >= 11 is 0. The molecule has 5 nitrogen and oxygen atoms in total. The van der Waals surface area contributed by atoms with Crippen molar-refractivity contribution in [3.8, 4) is 0 Å². The van der Waals surface area contributed by atoms with E-state index in [2.05, 4.69) is 0 Å². The van der Waals surface area contributed by atoms with Gasteiger partial charge in [0.15, 0.2) is 0 Å². The second-order valence-corrected chi connectivity index (χ2v) is 4.48. The third kappa shape index (κ3) is 5.80. The van der Waals surface area contributed by atoms with E-state index in [0.717, 1.165) is 32.5 Å². The molecule has 0 aliphatic carbocycles. The van der Waals surface area contributed by atoms with Gasteiger partial charge < -0.3 is 19.5 Å². The molecule has 1 heterocycles. The van der Waals surface area contributed by atoms with E-state index in [1.54, 1.807) is 0 Å². The molecule has 1 aliphatic rings. The van der Waals surface area contributed by atoms with Gasteiger partial charge in [0.05, 0.1) is 19.3 Å². The van der Waals surface area contributed by atoms with Crippen LogP contribution in [0.2, 0.25) is 0 Å². The molecule has 0 bridgehead atoms. The number of nitrogens with zero attached hydrogens (tertiary/aromatic N) is 1. The van der Waals surface area contributed by atoms with Crippen LogP contribution < -0.4 is 0 Å². The lowest BCUT2D eigenvalue weighted by Crippen LogP contribution is -2.41. The summed E-state index contributed by atoms with van der Waals surface area (Å²) in [5, 5.41) is 8.69. The molecule has 0 aromatic rings. The Morgan fingerprint density at radius 1 is 1.33 bits per heavy atom. The number of amides is 1. The van der Waals surface area contributed by atoms with E-state index in [1.807, 2.05) is 11.8 Å². The molecule has 0 unspecified atom stereocenters. The maximum atomic E-state index is 11.7. The maximum Gasteiger partial charge on any atom is 0.222 e. The zero-order valence-electron chi connectivity index (χ0n) is 11.3. The highest BCUT2D eigenvalue weighted by atomic mass is 16.5. The van der Waals surface area contributed by atoms with Crippen LogP contribution in [0.15, 0.2) is 0 Å². The van der Waals surface area contributed by atoms with Crippen molar-refractivity contribution >= 4 is 5.91 Å². The Balaban J connectivity index is 2.10. The molecular formula is C13H25NO4. The molecule has 106 valence electrons. The van der Waals surface area contributed by atoms with Crippen molar-refractivity contribution in [2.24, 2.45) is 0 Å². The standard InChI is InChI=1S/C13H25NO4/c1-2-17-10-11-18-12-5-7-14(8-6-12)13(16)4-3-9-15/h12,15H,2-11H2,1H3. The predicted octanol–water partition coefficient (Wildman–Crippen LogP) is 0.803. The molecule has 5 heteroatoms. The third-order valence-corrected chi connectivity index (χ3v) is 3.13. The van der Waals surface area contributed by atoms with Gasteiger partial charge in [0, 0.05) is 32.7 Å².